The van der Waals surface area contributed by atoms with Crippen LogP contribution in [0.2, 0.25) is 0 Å². The molecule has 0 heterocycles. The molecule has 0 saturated carbocycles. The summed E-state index contributed by atoms with van der Waals surface area (Å²) in [4.78, 5) is 0. The van der Waals surface area contributed by atoms with Crippen molar-refractivity contribution in [2.24, 2.45) is 0 Å². The number of rotatable bonds is 2. The van der Waals surface area contributed by atoms with Gasteiger partial charge in [0.15, 0.2) is 0 Å². The molecule has 2 heteroatoms. The highest BCUT2D eigenvalue weighted by molar-refractivity contribution is 8.01. The van der Waals surface area contributed by atoms with E-state index in [0.29, 0.717) is 0 Å². The maximum atomic E-state index is 9.07. The van der Waals surface area contributed by atoms with E-state index in [2.05, 4.69) is 26.8 Å². The Hall–Kier alpha value is -0.940. The van der Waals surface area contributed by atoms with Gasteiger partial charge in [-0.3, -0.25) is 0 Å². The zero-order valence-corrected chi connectivity index (χ0v) is 9.64. The summed E-state index contributed by atoms with van der Waals surface area (Å²) in [6.07, 6.45) is 0. The van der Waals surface area contributed by atoms with E-state index in [1.807, 2.05) is 30.3 Å². The van der Waals surface area contributed by atoms with Gasteiger partial charge in [-0.2, -0.15) is 5.26 Å². The van der Waals surface area contributed by atoms with Crippen molar-refractivity contribution in [2.45, 2.75) is 30.8 Å². The summed E-state index contributed by atoms with van der Waals surface area (Å²) in [5.74, 6) is 0. The zero-order valence-electron chi connectivity index (χ0n) is 8.82. The van der Waals surface area contributed by atoms with Crippen molar-refractivity contribution in [2.75, 3.05) is 0 Å². The first-order valence-corrected chi connectivity index (χ1v) is 5.53. The van der Waals surface area contributed by atoms with Crippen molar-refractivity contribution in [1.82, 2.24) is 0 Å². The lowest BCUT2D eigenvalue weighted by molar-refractivity contribution is 0.799. The summed E-state index contributed by atoms with van der Waals surface area (Å²) in [5, 5.41) is 9.01. The predicted octanol–water partition coefficient (Wildman–Crippen LogP) is 3.78. The lowest BCUT2D eigenvalue weighted by atomic mass is 10.2. The molecule has 0 aromatic heterocycles. The van der Waals surface area contributed by atoms with Gasteiger partial charge in [-0.05, 0) is 5.56 Å². The molecule has 0 aliphatic carbocycles. The monoisotopic (exact) mass is 205 g/mol. The third-order valence-corrected chi connectivity index (χ3v) is 3.01. The van der Waals surface area contributed by atoms with Crippen molar-refractivity contribution in [3.63, 3.8) is 0 Å². The van der Waals surface area contributed by atoms with Crippen LogP contribution in [0.15, 0.2) is 30.3 Å². The van der Waals surface area contributed by atoms with Gasteiger partial charge >= 0.3 is 0 Å². The maximum Gasteiger partial charge on any atom is 0.117 e. The minimum absolute atomic E-state index is 0.0591. The smallest absolute Gasteiger partial charge is 0.117 e. The first-order chi connectivity index (χ1) is 6.53. The number of hydrogen-bond acceptors (Lipinski definition) is 2. The van der Waals surface area contributed by atoms with Crippen molar-refractivity contribution < 1.29 is 0 Å². The van der Waals surface area contributed by atoms with Crippen molar-refractivity contribution in [3.8, 4) is 6.07 Å². The molecule has 0 spiro atoms. The lowest BCUT2D eigenvalue weighted by Crippen LogP contribution is -2.10. The summed E-state index contributed by atoms with van der Waals surface area (Å²) in [6, 6.07) is 12.3. The number of thioether (sulfide) groups is 1. The molecule has 0 bridgehead atoms. The number of benzene rings is 1. The van der Waals surface area contributed by atoms with Crippen LogP contribution in [0, 0.1) is 11.3 Å². The van der Waals surface area contributed by atoms with Crippen molar-refractivity contribution in [1.29, 1.82) is 5.26 Å². The molecule has 0 fully saturated rings. The quantitative estimate of drug-likeness (QED) is 0.733. The Bertz CT molecular complexity index is 318. The van der Waals surface area contributed by atoms with E-state index >= 15 is 0 Å². The molecule has 14 heavy (non-hydrogen) atoms. The van der Waals surface area contributed by atoms with Crippen LogP contribution in [0.3, 0.4) is 0 Å². The average Bonchev–Trinajstić information content (AvgIpc) is 2.14. The summed E-state index contributed by atoms with van der Waals surface area (Å²) < 4.78 is 0.121. The Morgan fingerprint density at radius 1 is 1.21 bits per heavy atom. The van der Waals surface area contributed by atoms with Crippen LogP contribution in [-0.4, -0.2) is 4.75 Å². The van der Waals surface area contributed by atoms with Gasteiger partial charge < -0.3 is 0 Å². The van der Waals surface area contributed by atoms with E-state index in [-0.39, 0.29) is 10.00 Å². The molecule has 0 N–H and O–H groups in total. The fourth-order valence-corrected chi connectivity index (χ4v) is 2.20. The van der Waals surface area contributed by atoms with E-state index in [0.717, 1.165) is 5.56 Å². The second kappa shape index (κ2) is 4.52. The summed E-state index contributed by atoms with van der Waals surface area (Å²) >= 11 is 1.69. The lowest BCUT2D eigenvalue weighted by Gasteiger charge is -2.21. The molecule has 1 rings (SSSR count). The van der Waals surface area contributed by atoms with Crippen LogP contribution in [0.25, 0.3) is 0 Å². The van der Waals surface area contributed by atoms with Crippen LogP contribution in [-0.2, 0) is 0 Å². The molecule has 0 aliphatic rings. The highest BCUT2D eigenvalue weighted by Crippen LogP contribution is 2.37. The number of nitriles is 1. The van der Waals surface area contributed by atoms with E-state index < -0.39 is 0 Å². The topological polar surface area (TPSA) is 23.8 Å². The van der Waals surface area contributed by atoms with E-state index in [4.69, 9.17) is 5.26 Å². The minimum Gasteiger partial charge on any atom is -0.197 e. The molecule has 0 amide bonds. The Labute approximate surface area is 90.1 Å². The molecule has 74 valence electrons. The van der Waals surface area contributed by atoms with Crippen LogP contribution in [0.1, 0.15) is 31.6 Å². The van der Waals surface area contributed by atoms with Crippen LogP contribution >= 0.6 is 11.8 Å². The second-order valence-corrected chi connectivity index (χ2v) is 6.08. The average molecular weight is 205 g/mol. The Morgan fingerprint density at radius 3 is 2.21 bits per heavy atom. The molecular formula is C12H15NS. The summed E-state index contributed by atoms with van der Waals surface area (Å²) in [5.41, 5.74) is 1.09. The molecule has 1 aromatic carbocycles. The van der Waals surface area contributed by atoms with Gasteiger partial charge in [0.05, 0.1) is 6.07 Å². The van der Waals surface area contributed by atoms with Crippen molar-refractivity contribution in [3.05, 3.63) is 35.9 Å². The Balaban J connectivity index is 2.80. The first kappa shape index (κ1) is 11.1. The molecule has 1 aromatic rings. The highest BCUT2D eigenvalue weighted by atomic mass is 32.2. The van der Waals surface area contributed by atoms with Gasteiger partial charge in [-0.25, -0.2) is 0 Å². The largest absolute Gasteiger partial charge is 0.197 e. The van der Waals surface area contributed by atoms with Gasteiger partial charge in [-0.1, -0.05) is 51.1 Å². The predicted molar refractivity (Wildman–Crippen MR) is 62.1 cm³/mol. The number of nitrogens with zero attached hydrogens (tertiary/aromatic N) is 1. The molecule has 1 nitrogen and oxygen atoms in total. The third-order valence-electron chi connectivity index (χ3n) is 1.69. The minimum atomic E-state index is -0.0591. The molecule has 1 unspecified atom stereocenters. The van der Waals surface area contributed by atoms with Gasteiger partial charge in [0.1, 0.15) is 5.25 Å². The van der Waals surface area contributed by atoms with E-state index in [9.17, 15) is 0 Å². The van der Waals surface area contributed by atoms with Gasteiger partial charge in [0.25, 0.3) is 0 Å². The zero-order chi connectivity index (χ0) is 10.6. The summed E-state index contributed by atoms with van der Waals surface area (Å²) in [6.45, 7) is 6.39. The molecule has 0 aliphatic heterocycles. The molecular weight excluding hydrogens is 190 g/mol. The third kappa shape index (κ3) is 3.43. The normalized spacial score (nSPS) is 13.3. The highest BCUT2D eigenvalue weighted by Gasteiger charge is 2.19. The fraction of sp³-hybridized carbons (Fsp3) is 0.417. The summed E-state index contributed by atoms with van der Waals surface area (Å²) in [7, 11) is 0. The van der Waals surface area contributed by atoms with E-state index in [1.165, 1.54) is 0 Å². The number of hydrogen-bond donors (Lipinski definition) is 0. The van der Waals surface area contributed by atoms with Gasteiger partial charge in [0, 0.05) is 4.75 Å². The molecule has 0 radical (unpaired) electrons. The SMILES string of the molecule is CC(C)(C)SC(C#N)c1ccccc1. The van der Waals surface area contributed by atoms with Gasteiger partial charge in [0.2, 0.25) is 0 Å². The molecule has 1 atom stereocenters. The Morgan fingerprint density at radius 2 is 1.79 bits per heavy atom. The second-order valence-electron chi connectivity index (χ2n) is 4.15. The van der Waals surface area contributed by atoms with Crippen LogP contribution in [0.4, 0.5) is 0 Å². The van der Waals surface area contributed by atoms with Crippen molar-refractivity contribution >= 4 is 11.8 Å². The van der Waals surface area contributed by atoms with Crippen LogP contribution < -0.4 is 0 Å². The fourth-order valence-electron chi connectivity index (χ4n) is 1.15. The van der Waals surface area contributed by atoms with E-state index in [1.54, 1.807) is 11.8 Å². The maximum absolute atomic E-state index is 9.07. The Kier molecular flexibility index (Phi) is 3.60. The van der Waals surface area contributed by atoms with Gasteiger partial charge in [-0.15, -0.1) is 11.8 Å². The standard InChI is InChI=1S/C12H15NS/c1-12(2,3)14-11(9-13)10-7-5-4-6-8-10/h4-8,11H,1-3H3. The van der Waals surface area contributed by atoms with Crippen LogP contribution in [0.5, 0.6) is 0 Å². The first-order valence-electron chi connectivity index (χ1n) is 4.65. The molecule has 0 saturated heterocycles.